The zero-order chi connectivity index (χ0) is 24.5. The van der Waals surface area contributed by atoms with E-state index < -0.39 is 10.1 Å². The quantitative estimate of drug-likeness (QED) is 0.496. The van der Waals surface area contributed by atoms with Gasteiger partial charge in [0, 0.05) is 36.6 Å². The van der Waals surface area contributed by atoms with Gasteiger partial charge < -0.3 is 14.0 Å². The van der Waals surface area contributed by atoms with Crippen LogP contribution in [-0.4, -0.2) is 56.2 Å². The van der Waals surface area contributed by atoms with Crippen molar-refractivity contribution in [3.63, 3.8) is 0 Å². The molecule has 2 amide bonds. The van der Waals surface area contributed by atoms with Crippen LogP contribution in [0.4, 0.5) is 0 Å². The number of hydrogen-bond acceptors (Lipinski definition) is 6. The number of piperazine rings is 1. The molecule has 0 spiro atoms. The van der Waals surface area contributed by atoms with Gasteiger partial charge in [-0.3, -0.25) is 9.59 Å². The minimum atomic E-state index is -3.99. The summed E-state index contributed by atoms with van der Waals surface area (Å²) in [4.78, 5) is 30.9. The topological polar surface area (TPSA) is 84.0 Å². The maximum absolute atomic E-state index is 12.9. The molecule has 1 fully saturated rings. The highest BCUT2D eigenvalue weighted by atomic mass is 32.2. The van der Waals surface area contributed by atoms with Crippen LogP contribution >= 0.6 is 11.3 Å². The molecule has 178 valence electrons. The molecule has 1 aliphatic rings. The van der Waals surface area contributed by atoms with Crippen molar-refractivity contribution in [3.05, 3.63) is 81.0 Å². The third-order valence-corrected chi connectivity index (χ3v) is 8.10. The van der Waals surface area contributed by atoms with Gasteiger partial charge in [-0.2, -0.15) is 8.42 Å². The molecular formula is C25H26N2O5S2. The molecule has 9 heteroatoms. The van der Waals surface area contributed by atoms with E-state index in [9.17, 15) is 18.0 Å². The molecule has 34 heavy (non-hydrogen) atoms. The van der Waals surface area contributed by atoms with Gasteiger partial charge in [-0.05, 0) is 74.4 Å². The first kappa shape index (κ1) is 24.0. The molecule has 0 aliphatic carbocycles. The monoisotopic (exact) mass is 498 g/mol. The Morgan fingerprint density at radius 1 is 0.824 bits per heavy atom. The van der Waals surface area contributed by atoms with Crippen LogP contribution in [0.1, 0.15) is 36.0 Å². The smallest absolute Gasteiger partial charge is 0.339 e. The second kappa shape index (κ2) is 9.60. The van der Waals surface area contributed by atoms with Crippen molar-refractivity contribution in [2.24, 2.45) is 0 Å². The Balaban J connectivity index is 1.38. The normalized spacial score (nSPS) is 14.2. The summed E-state index contributed by atoms with van der Waals surface area (Å²) in [5.74, 6) is -0.0288. The molecule has 2 aromatic carbocycles. The lowest BCUT2D eigenvalue weighted by atomic mass is 10.1. The Morgan fingerprint density at radius 2 is 1.44 bits per heavy atom. The predicted molar refractivity (Wildman–Crippen MR) is 131 cm³/mol. The SMILES string of the molecule is Cc1ccc(C)c(S(=O)(=O)Oc2ccc(C(=O)N3CCN(C(=O)c4ccc(C)s4)CC3)cc2)c1. The van der Waals surface area contributed by atoms with Crippen molar-refractivity contribution in [2.75, 3.05) is 26.2 Å². The Labute approximate surface area is 203 Å². The van der Waals surface area contributed by atoms with Crippen LogP contribution in [0.3, 0.4) is 0 Å². The number of aryl methyl sites for hydroxylation is 3. The van der Waals surface area contributed by atoms with Crippen LogP contribution in [-0.2, 0) is 10.1 Å². The van der Waals surface area contributed by atoms with E-state index in [2.05, 4.69) is 0 Å². The third kappa shape index (κ3) is 5.15. The van der Waals surface area contributed by atoms with Crippen molar-refractivity contribution < 1.29 is 22.2 Å². The standard InChI is InChI=1S/C25H26N2O5S2/c1-17-4-5-18(2)23(16-17)34(30,31)32-21-9-7-20(8-10-21)24(28)26-12-14-27(15-13-26)25(29)22-11-6-19(3)33-22/h4-11,16H,12-15H2,1-3H3. The van der Waals surface area contributed by atoms with Crippen molar-refractivity contribution >= 4 is 33.3 Å². The average Bonchev–Trinajstić information content (AvgIpc) is 3.26. The maximum Gasteiger partial charge on any atom is 0.339 e. The fourth-order valence-corrected chi connectivity index (χ4v) is 5.88. The summed E-state index contributed by atoms with van der Waals surface area (Å²) in [7, 11) is -3.99. The average molecular weight is 499 g/mol. The first-order valence-electron chi connectivity index (χ1n) is 10.9. The van der Waals surface area contributed by atoms with E-state index in [1.807, 2.05) is 32.0 Å². The molecule has 0 radical (unpaired) electrons. The highest BCUT2D eigenvalue weighted by molar-refractivity contribution is 7.87. The second-order valence-corrected chi connectivity index (χ2v) is 11.1. The molecule has 3 aromatic rings. The van der Waals surface area contributed by atoms with E-state index in [0.717, 1.165) is 10.4 Å². The molecule has 2 heterocycles. The molecule has 0 N–H and O–H groups in total. The summed E-state index contributed by atoms with van der Waals surface area (Å²) in [6, 6.07) is 15.0. The second-order valence-electron chi connectivity index (χ2n) is 8.33. The van der Waals surface area contributed by atoms with Gasteiger partial charge in [-0.15, -0.1) is 11.3 Å². The summed E-state index contributed by atoms with van der Waals surface area (Å²) in [6.45, 7) is 7.31. The van der Waals surface area contributed by atoms with Crippen LogP contribution in [0.15, 0.2) is 59.5 Å². The van der Waals surface area contributed by atoms with Crippen molar-refractivity contribution in [2.45, 2.75) is 25.7 Å². The Morgan fingerprint density at radius 3 is 2.03 bits per heavy atom. The number of thiophene rings is 1. The van der Waals surface area contributed by atoms with E-state index in [-0.39, 0.29) is 22.5 Å². The zero-order valence-electron chi connectivity index (χ0n) is 19.3. The number of amides is 2. The molecule has 1 aliphatic heterocycles. The van der Waals surface area contributed by atoms with E-state index in [0.29, 0.717) is 42.2 Å². The van der Waals surface area contributed by atoms with Gasteiger partial charge in [0.25, 0.3) is 11.8 Å². The van der Waals surface area contributed by atoms with Crippen molar-refractivity contribution in [3.8, 4) is 5.75 Å². The zero-order valence-corrected chi connectivity index (χ0v) is 20.9. The molecule has 0 bridgehead atoms. The first-order chi connectivity index (χ1) is 16.1. The molecule has 0 unspecified atom stereocenters. The highest BCUT2D eigenvalue weighted by Crippen LogP contribution is 2.24. The number of carbonyl (C=O) groups excluding carboxylic acids is 2. The largest absolute Gasteiger partial charge is 0.379 e. The lowest BCUT2D eigenvalue weighted by Crippen LogP contribution is -2.50. The van der Waals surface area contributed by atoms with Gasteiger partial charge >= 0.3 is 10.1 Å². The van der Waals surface area contributed by atoms with Gasteiger partial charge in [0.05, 0.1) is 4.88 Å². The van der Waals surface area contributed by atoms with Crippen LogP contribution in [0.2, 0.25) is 0 Å². The minimum absolute atomic E-state index is 0.00300. The lowest BCUT2D eigenvalue weighted by Gasteiger charge is -2.34. The number of carbonyl (C=O) groups is 2. The first-order valence-corrected chi connectivity index (χ1v) is 13.1. The molecule has 1 aromatic heterocycles. The highest BCUT2D eigenvalue weighted by Gasteiger charge is 2.26. The summed E-state index contributed by atoms with van der Waals surface area (Å²) < 4.78 is 30.7. The van der Waals surface area contributed by atoms with Gasteiger partial charge in [0.2, 0.25) is 0 Å². The summed E-state index contributed by atoms with van der Waals surface area (Å²) in [6.07, 6.45) is 0. The molecule has 0 saturated carbocycles. The lowest BCUT2D eigenvalue weighted by molar-refractivity contribution is 0.0538. The fraction of sp³-hybridized carbons (Fsp3) is 0.280. The number of rotatable bonds is 5. The van der Waals surface area contributed by atoms with Crippen molar-refractivity contribution in [1.82, 2.24) is 9.80 Å². The number of benzene rings is 2. The van der Waals surface area contributed by atoms with Crippen molar-refractivity contribution in [1.29, 1.82) is 0 Å². The fourth-order valence-electron chi connectivity index (χ4n) is 3.80. The van der Waals surface area contributed by atoms with Crippen LogP contribution in [0, 0.1) is 20.8 Å². The molecule has 1 saturated heterocycles. The summed E-state index contributed by atoms with van der Waals surface area (Å²) in [5, 5.41) is 0. The summed E-state index contributed by atoms with van der Waals surface area (Å²) >= 11 is 1.47. The molecule has 7 nitrogen and oxygen atoms in total. The molecular weight excluding hydrogens is 472 g/mol. The molecule has 4 rings (SSSR count). The molecule has 0 atom stereocenters. The van der Waals surface area contributed by atoms with E-state index >= 15 is 0 Å². The third-order valence-electron chi connectivity index (χ3n) is 5.73. The maximum atomic E-state index is 12.9. The summed E-state index contributed by atoms with van der Waals surface area (Å²) in [5.41, 5.74) is 1.86. The van der Waals surface area contributed by atoms with E-state index in [4.69, 9.17) is 4.18 Å². The van der Waals surface area contributed by atoms with Gasteiger partial charge in [-0.25, -0.2) is 0 Å². The van der Waals surface area contributed by atoms with Gasteiger partial charge in [0.1, 0.15) is 10.6 Å². The van der Waals surface area contributed by atoms with E-state index in [1.54, 1.807) is 41.0 Å². The van der Waals surface area contributed by atoms with Gasteiger partial charge in [0.15, 0.2) is 0 Å². The van der Waals surface area contributed by atoms with E-state index in [1.165, 1.54) is 23.5 Å². The number of hydrogen-bond donors (Lipinski definition) is 0. The van der Waals surface area contributed by atoms with Crippen LogP contribution in [0.5, 0.6) is 5.75 Å². The Bertz CT molecular complexity index is 1320. The minimum Gasteiger partial charge on any atom is -0.379 e. The predicted octanol–water partition coefficient (Wildman–Crippen LogP) is 4.04. The number of nitrogens with zero attached hydrogens (tertiary/aromatic N) is 2. The Kier molecular flexibility index (Phi) is 6.77. The van der Waals surface area contributed by atoms with Gasteiger partial charge in [-0.1, -0.05) is 12.1 Å². The van der Waals surface area contributed by atoms with Crippen LogP contribution in [0.25, 0.3) is 0 Å². The Hall–Kier alpha value is -3.17. The van der Waals surface area contributed by atoms with Crippen LogP contribution < -0.4 is 4.18 Å².